The highest BCUT2D eigenvalue weighted by Gasteiger charge is 2.54. The zero-order valence-electron chi connectivity index (χ0n) is 55.0. The van der Waals surface area contributed by atoms with Gasteiger partial charge in [0.15, 0.2) is 0 Å². The zero-order chi connectivity index (χ0) is 61.7. The fourth-order valence-electron chi connectivity index (χ4n) is 9.25. The first kappa shape index (κ1) is 41.0. The van der Waals surface area contributed by atoms with Gasteiger partial charge in [0.05, 0.1) is 47.3 Å². The van der Waals surface area contributed by atoms with E-state index in [9.17, 15) is 0 Å². The summed E-state index contributed by atoms with van der Waals surface area (Å²) < 4.78 is 118. The Bertz CT molecular complexity index is 4000. The van der Waals surface area contributed by atoms with Crippen LogP contribution in [0.15, 0.2) is 200 Å². The third-order valence-electron chi connectivity index (χ3n) is 15.9. The number of hydrogen-bond donors (Lipinski definition) is 0. The maximum absolute atomic E-state index is 8.35. The molecule has 0 aliphatic carbocycles. The summed E-state index contributed by atoms with van der Waals surface area (Å²) >= 11 is 0. The molecule has 3 aliphatic rings. The molecule has 0 saturated carbocycles. The molecular formula is C66H69B3O6. The molecule has 3 fully saturated rings. The molecule has 0 amide bonds. The Hall–Kier alpha value is -6.29. The van der Waals surface area contributed by atoms with Crippen molar-refractivity contribution in [2.24, 2.45) is 0 Å². The lowest BCUT2D eigenvalue weighted by Gasteiger charge is -2.32. The summed E-state index contributed by atoms with van der Waals surface area (Å²) in [5.74, 6) is 0. The van der Waals surface area contributed by atoms with Gasteiger partial charge in [-0.2, -0.15) is 0 Å². The maximum atomic E-state index is 8.35. The Balaban J connectivity index is 0.000000142. The predicted octanol–water partition coefficient (Wildman–Crippen LogP) is 14.4. The third-order valence-corrected chi connectivity index (χ3v) is 15.9. The van der Waals surface area contributed by atoms with Crippen LogP contribution < -0.4 is 16.4 Å². The van der Waals surface area contributed by atoms with Gasteiger partial charge in [-0.05, 0) is 177 Å². The van der Waals surface area contributed by atoms with Crippen LogP contribution in [0.2, 0.25) is 0 Å². The van der Waals surface area contributed by atoms with Crippen molar-refractivity contribution in [1.29, 1.82) is 0 Å². The molecule has 3 heterocycles. The van der Waals surface area contributed by atoms with E-state index in [1.54, 1.807) is 12.1 Å². The molecule has 0 N–H and O–H groups in total. The minimum Gasteiger partial charge on any atom is -0.399 e. The lowest BCUT2D eigenvalue weighted by atomic mass is 9.75. The van der Waals surface area contributed by atoms with Crippen LogP contribution in [0.4, 0.5) is 0 Å². The number of fused-ring (bicyclic) bond motifs is 3. The molecule has 75 heavy (non-hydrogen) atoms. The molecule has 0 atom stereocenters. The van der Waals surface area contributed by atoms with E-state index >= 15 is 0 Å². The van der Waals surface area contributed by atoms with Gasteiger partial charge in [0.25, 0.3) is 0 Å². The second-order valence-corrected chi connectivity index (χ2v) is 22.5. The smallest absolute Gasteiger partial charge is 0.399 e. The lowest BCUT2D eigenvalue weighted by Crippen LogP contribution is -2.41. The van der Waals surface area contributed by atoms with Gasteiger partial charge in [0, 0.05) is 0 Å². The van der Waals surface area contributed by atoms with Gasteiger partial charge in [-0.1, -0.05) is 188 Å². The predicted molar refractivity (Wildman–Crippen MR) is 315 cm³/mol. The molecule has 12 rings (SSSR count). The van der Waals surface area contributed by atoms with Crippen LogP contribution in [0.25, 0.3) is 65.7 Å². The van der Waals surface area contributed by atoms with Gasteiger partial charge < -0.3 is 27.9 Å². The average Bonchev–Trinajstić information content (AvgIpc) is 2.29. The Kier molecular flexibility index (Phi) is 10.9. The summed E-state index contributed by atoms with van der Waals surface area (Å²) in [7, 11) is -1.34. The summed E-state index contributed by atoms with van der Waals surface area (Å²) in [6.07, 6.45) is 0. The van der Waals surface area contributed by atoms with E-state index in [0.717, 1.165) is 37.9 Å². The highest BCUT2D eigenvalue weighted by Crippen LogP contribution is 2.40. The molecule has 0 spiro atoms. The minimum atomic E-state index is -0.561. The summed E-state index contributed by atoms with van der Waals surface area (Å²) in [5.41, 5.74) is 4.44. The number of benzene rings is 9. The van der Waals surface area contributed by atoms with Gasteiger partial charge >= 0.3 is 21.4 Å². The molecule has 3 saturated heterocycles. The summed E-state index contributed by atoms with van der Waals surface area (Å²) in [6.45, 7) is 24.4. The summed E-state index contributed by atoms with van der Waals surface area (Å²) in [4.78, 5) is 0. The number of hydrogen-bond acceptors (Lipinski definition) is 6. The van der Waals surface area contributed by atoms with E-state index in [1.165, 1.54) is 21.9 Å². The van der Waals surface area contributed by atoms with Crippen molar-refractivity contribution in [3.05, 3.63) is 200 Å². The highest BCUT2D eigenvalue weighted by molar-refractivity contribution is 6.65. The van der Waals surface area contributed by atoms with Gasteiger partial charge in [-0.15, -0.1) is 0 Å². The van der Waals surface area contributed by atoms with Crippen LogP contribution in [-0.4, -0.2) is 55.0 Å². The van der Waals surface area contributed by atoms with Gasteiger partial charge in [-0.25, -0.2) is 0 Å². The van der Waals surface area contributed by atoms with E-state index < -0.39 is 42.7 Å². The molecule has 9 aromatic rings. The summed E-state index contributed by atoms with van der Waals surface area (Å²) in [6, 6.07) is 43.2. The van der Waals surface area contributed by atoms with Gasteiger partial charge in [0.2, 0.25) is 0 Å². The normalized spacial score (nSPS) is 20.5. The molecule has 0 unspecified atom stereocenters. The second-order valence-electron chi connectivity index (χ2n) is 22.5. The van der Waals surface area contributed by atoms with Gasteiger partial charge in [-0.3, -0.25) is 0 Å². The molecular weight excluding hydrogens is 921 g/mol. The minimum absolute atomic E-state index is 0.192. The van der Waals surface area contributed by atoms with Crippen LogP contribution in [0.1, 0.15) is 96.8 Å². The SMILES string of the molecule is CC1(C)OB(c2ccc3cc(-c4ccccc4)ccc3c2)OC1(C)C.[2H]c1c([2H])c([2H])c(-c2ccc3cc(B4OC(C)(C)C(C)(C)O4)ccc3c2)c([2H])c1[2H].[2H]c1c([2H])c([2H])c(-c2cccc3c(B4OC(C)(C)C(C)(C)O4)cccc23)c([2H])c1[2H]. The molecule has 0 aromatic heterocycles. The average molecular weight is 1000 g/mol. The van der Waals surface area contributed by atoms with Crippen molar-refractivity contribution in [3.8, 4) is 33.4 Å². The molecule has 0 bridgehead atoms. The van der Waals surface area contributed by atoms with Crippen molar-refractivity contribution in [2.45, 2.75) is 117 Å². The first-order valence-electron chi connectivity index (χ1n) is 30.6. The van der Waals surface area contributed by atoms with E-state index in [0.29, 0.717) is 11.1 Å². The van der Waals surface area contributed by atoms with Crippen molar-refractivity contribution in [3.63, 3.8) is 0 Å². The van der Waals surface area contributed by atoms with Gasteiger partial charge in [0.1, 0.15) is 0 Å². The Labute approximate surface area is 460 Å². The summed E-state index contributed by atoms with van der Waals surface area (Å²) in [5, 5.41) is 5.93. The van der Waals surface area contributed by atoms with Crippen molar-refractivity contribution >= 4 is 70.1 Å². The van der Waals surface area contributed by atoms with E-state index in [2.05, 4.69) is 88.4 Å². The van der Waals surface area contributed by atoms with E-state index in [1.807, 2.05) is 122 Å². The molecule has 378 valence electrons. The Morgan fingerprint density at radius 3 is 1.17 bits per heavy atom. The molecule has 9 heteroatoms. The second kappa shape index (κ2) is 20.0. The van der Waals surface area contributed by atoms with E-state index in [-0.39, 0.29) is 83.8 Å². The zero-order valence-corrected chi connectivity index (χ0v) is 45.0. The highest BCUT2D eigenvalue weighted by atomic mass is 16.7. The molecule has 6 nitrogen and oxygen atoms in total. The van der Waals surface area contributed by atoms with E-state index in [4.69, 9.17) is 41.6 Å². The van der Waals surface area contributed by atoms with Crippen LogP contribution >= 0.6 is 0 Å². The van der Waals surface area contributed by atoms with Crippen molar-refractivity contribution in [2.75, 3.05) is 0 Å². The standard InChI is InChI=1S/3C22H23BO2/c1-21(2)22(3,4)25-23(24-21)20-15-9-13-18-17(12-8-14-19(18)20)16-10-6-5-7-11-16;2*1-21(2)22(3,4)25-23(24-21)20-13-12-18-14-17(10-11-19(18)15-20)16-8-6-5-7-9-16/h3*5-15H,1-4H3/i5D,6D,7D,10D,11D;5D,6D,7D,8D,9D;. The Morgan fingerprint density at radius 1 is 0.307 bits per heavy atom. The topological polar surface area (TPSA) is 55.4 Å². The van der Waals surface area contributed by atoms with Crippen LogP contribution in [0, 0.1) is 0 Å². The van der Waals surface area contributed by atoms with Crippen molar-refractivity contribution in [1.82, 2.24) is 0 Å². The lowest BCUT2D eigenvalue weighted by molar-refractivity contribution is 0.00578. The molecule has 0 radical (unpaired) electrons. The number of rotatable bonds is 6. The monoisotopic (exact) mass is 1000 g/mol. The van der Waals surface area contributed by atoms with Crippen LogP contribution in [0.5, 0.6) is 0 Å². The third kappa shape index (κ3) is 10.5. The molecule has 9 aromatic carbocycles. The molecule has 3 aliphatic heterocycles. The fraction of sp³-hybridized carbons (Fsp3) is 0.273. The largest absolute Gasteiger partial charge is 0.495 e. The Morgan fingerprint density at radius 2 is 0.693 bits per heavy atom. The van der Waals surface area contributed by atoms with Crippen LogP contribution in [0.3, 0.4) is 0 Å². The fourth-order valence-corrected chi connectivity index (χ4v) is 9.25. The quantitative estimate of drug-likeness (QED) is 0.155. The van der Waals surface area contributed by atoms with Crippen LogP contribution in [-0.2, 0) is 27.9 Å². The first-order chi connectivity index (χ1) is 39.7. The van der Waals surface area contributed by atoms with Crippen molar-refractivity contribution < 1.29 is 41.6 Å². The first-order valence-corrected chi connectivity index (χ1v) is 25.6. The maximum Gasteiger partial charge on any atom is 0.495 e.